The van der Waals surface area contributed by atoms with Crippen LogP contribution in [0.1, 0.15) is 18.9 Å². The lowest BCUT2D eigenvalue weighted by Crippen LogP contribution is -2.32. The molecular formula is C14H22BrN3O. The van der Waals surface area contributed by atoms with E-state index in [4.69, 9.17) is 0 Å². The average Bonchev–Trinajstić information content (AvgIpc) is 2.40. The number of nitrogens with zero attached hydrogens (tertiary/aromatic N) is 1. The van der Waals surface area contributed by atoms with Gasteiger partial charge in [0.2, 0.25) is 5.91 Å². The molecule has 106 valence electrons. The van der Waals surface area contributed by atoms with Crippen molar-refractivity contribution in [2.75, 3.05) is 32.1 Å². The maximum atomic E-state index is 11.3. The number of hydrogen-bond acceptors (Lipinski definition) is 3. The monoisotopic (exact) mass is 327 g/mol. The van der Waals surface area contributed by atoms with Crippen molar-refractivity contribution in [2.24, 2.45) is 0 Å². The summed E-state index contributed by atoms with van der Waals surface area (Å²) >= 11 is 3.58. The molecule has 0 aliphatic carbocycles. The fourth-order valence-electron chi connectivity index (χ4n) is 1.70. The first kappa shape index (κ1) is 16.0. The lowest BCUT2D eigenvalue weighted by Gasteiger charge is -2.19. The Bertz CT molecular complexity index is 423. The Labute approximate surface area is 123 Å². The van der Waals surface area contributed by atoms with Gasteiger partial charge in [0.25, 0.3) is 0 Å². The van der Waals surface area contributed by atoms with Crippen LogP contribution < -0.4 is 15.5 Å². The summed E-state index contributed by atoms with van der Waals surface area (Å²) < 4.78 is 1.07. The Morgan fingerprint density at radius 1 is 1.42 bits per heavy atom. The number of hydrogen-bond donors (Lipinski definition) is 2. The van der Waals surface area contributed by atoms with E-state index in [0.717, 1.165) is 29.7 Å². The summed E-state index contributed by atoms with van der Waals surface area (Å²) in [6, 6.07) is 6.17. The quantitative estimate of drug-likeness (QED) is 0.754. The Morgan fingerprint density at radius 2 is 2.16 bits per heavy atom. The van der Waals surface area contributed by atoms with Crippen LogP contribution in [0.3, 0.4) is 0 Å². The first-order valence-corrected chi connectivity index (χ1v) is 7.28. The molecule has 0 atom stereocenters. The standard InChI is InChI=1S/C14H22BrN3O/c1-4-7-17-9-11-5-6-12(8-13(11)15)18(3)10-14(19)16-2/h5-6,8,17H,4,7,9-10H2,1-3H3,(H,16,19). The summed E-state index contributed by atoms with van der Waals surface area (Å²) in [7, 11) is 3.56. The van der Waals surface area contributed by atoms with Crippen LogP contribution in [0.25, 0.3) is 0 Å². The Balaban J connectivity index is 2.67. The first-order chi connectivity index (χ1) is 9.08. The number of halogens is 1. The van der Waals surface area contributed by atoms with Gasteiger partial charge in [-0.25, -0.2) is 0 Å². The molecule has 1 amide bonds. The van der Waals surface area contributed by atoms with Crippen molar-refractivity contribution in [3.63, 3.8) is 0 Å². The van der Waals surface area contributed by atoms with E-state index in [9.17, 15) is 4.79 Å². The highest BCUT2D eigenvalue weighted by molar-refractivity contribution is 9.10. The Kier molecular flexibility index (Phi) is 6.87. The summed E-state index contributed by atoms with van der Waals surface area (Å²) in [5.74, 6) is 0.00677. The SMILES string of the molecule is CCCNCc1ccc(N(C)CC(=O)NC)cc1Br. The topological polar surface area (TPSA) is 44.4 Å². The van der Waals surface area contributed by atoms with Crippen LogP contribution in [0, 0.1) is 0 Å². The summed E-state index contributed by atoms with van der Waals surface area (Å²) in [5, 5.41) is 6.00. The zero-order valence-corrected chi connectivity index (χ0v) is 13.4. The molecule has 0 bridgehead atoms. The molecule has 0 saturated carbocycles. The van der Waals surface area contributed by atoms with E-state index in [1.807, 2.05) is 24.1 Å². The molecule has 0 radical (unpaired) electrons. The number of carbonyl (C=O) groups excluding carboxylic acids is 1. The number of nitrogens with one attached hydrogen (secondary N) is 2. The predicted molar refractivity (Wildman–Crippen MR) is 83.5 cm³/mol. The van der Waals surface area contributed by atoms with Gasteiger partial charge in [0.15, 0.2) is 0 Å². The van der Waals surface area contributed by atoms with E-state index >= 15 is 0 Å². The third-order valence-electron chi connectivity index (χ3n) is 2.88. The number of carbonyl (C=O) groups is 1. The van der Waals surface area contributed by atoms with Gasteiger partial charge in [-0.1, -0.05) is 28.9 Å². The summed E-state index contributed by atoms with van der Waals surface area (Å²) in [6.45, 7) is 4.38. The lowest BCUT2D eigenvalue weighted by atomic mass is 10.2. The van der Waals surface area contributed by atoms with Crippen molar-refractivity contribution in [1.29, 1.82) is 0 Å². The van der Waals surface area contributed by atoms with E-state index in [2.05, 4.69) is 39.6 Å². The van der Waals surface area contributed by atoms with Gasteiger partial charge in [0.05, 0.1) is 6.54 Å². The second kappa shape index (κ2) is 8.17. The molecule has 5 heteroatoms. The smallest absolute Gasteiger partial charge is 0.239 e. The molecule has 1 aromatic carbocycles. The normalized spacial score (nSPS) is 10.3. The lowest BCUT2D eigenvalue weighted by molar-refractivity contribution is -0.119. The van der Waals surface area contributed by atoms with E-state index in [1.54, 1.807) is 7.05 Å². The van der Waals surface area contributed by atoms with Crippen molar-refractivity contribution >= 4 is 27.5 Å². The minimum Gasteiger partial charge on any atom is -0.365 e. The van der Waals surface area contributed by atoms with Crippen LogP contribution in [-0.4, -0.2) is 33.1 Å². The molecule has 4 nitrogen and oxygen atoms in total. The third-order valence-corrected chi connectivity index (χ3v) is 3.62. The van der Waals surface area contributed by atoms with Crippen molar-refractivity contribution in [2.45, 2.75) is 19.9 Å². The van der Waals surface area contributed by atoms with Crippen LogP contribution in [-0.2, 0) is 11.3 Å². The van der Waals surface area contributed by atoms with Gasteiger partial charge in [0, 0.05) is 30.8 Å². The van der Waals surface area contributed by atoms with Crippen LogP contribution in [0.2, 0.25) is 0 Å². The van der Waals surface area contributed by atoms with Gasteiger partial charge in [-0.2, -0.15) is 0 Å². The van der Waals surface area contributed by atoms with Crippen molar-refractivity contribution in [3.8, 4) is 0 Å². The minimum atomic E-state index is 0.00677. The third kappa shape index (κ3) is 5.20. The summed E-state index contributed by atoms with van der Waals surface area (Å²) in [5.41, 5.74) is 2.25. The molecule has 0 aliphatic rings. The van der Waals surface area contributed by atoms with Crippen molar-refractivity contribution in [1.82, 2.24) is 10.6 Å². The molecule has 1 aromatic rings. The molecule has 1 rings (SSSR count). The molecule has 19 heavy (non-hydrogen) atoms. The summed E-state index contributed by atoms with van der Waals surface area (Å²) in [6.07, 6.45) is 1.13. The summed E-state index contributed by atoms with van der Waals surface area (Å²) in [4.78, 5) is 13.3. The Hall–Kier alpha value is -1.07. The second-order valence-electron chi connectivity index (χ2n) is 4.48. The number of amides is 1. The van der Waals surface area contributed by atoms with Gasteiger partial charge in [0.1, 0.15) is 0 Å². The van der Waals surface area contributed by atoms with Crippen LogP contribution >= 0.6 is 15.9 Å². The van der Waals surface area contributed by atoms with Gasteiger partial charge in [-0.15, -0.1) is 0 Å². The zero-order chi connectivity index (χ0) is 14.3. The molecular weight excluding hydrogens is 306 g/mol. The van der Waals surface area contributed by atoms with E-state index in [-0.39, 0.29) is 5.91 Å². The number of benzene rings is 1. The first-order valence-electron chi connectivity index (χ1n) is 6.49. The minimum absolute atomic E-state index is 0.00677. The number of anilines is 1. The molecule has 0 saturated heterocycles. The molecule has 2 N–H and O–H groups in total. The molecule has 0 heterocycles. The molecule has 0 unspecified atom stereocenters. The highest BCUT2D eigenvalue weighted by Gasteiger charge is 2.08. The van der Waals surface area contributed by atoms with Gasteiger partial charge >= 0.3 is 0 Å². The fraction of sp³-hybridized carbons (Fsp3) is 0.500. The van der Waals surface area contributed by atoms with E-state index in [0.29, 0.717) is 6.54 Å². The molecule has 0 spiro atoms. The Morgan fingerprint density at radius 3 is 2.74 bits per heavy atom. The maximum absolute atomic E-state index is 11.3. The number of rotatable bonds is 7. The average molecular weight is 328 g/mol. The molecule has 0 aliphatic heterocycles. The van der Waals surface area contributed by atoms with Gasteiger partial charge in [-0.05, 0) is 30.7 Å². The highest BCUT2D eigenvalue weighted by Crippen LogP contribution is 2.23. The maximum Gasteiger partial charge on any atom is 0.239 e. The highest BCUT2D eigenvalue weighted by atomic mass is 79.9. The molecule has 0 aromatic heterocycles. The van der Waals surface area contributed by atoms with Gasteiger partial charge < -0.3 is 15.5 Å². The predicted octanol–water partition coefficient (Wildman–Crippen LogP) is 2.13. The molecule has 0 fully saturated rings. The van der Waals surface area contributed by atoms with E-state index in [1.165, 1.54) is 5.56 Å². The van der Waals surface area contributed by atoms with Gasteiger partial charge in [-0.3, -0.25) is 4.79 Å². The second-order valence-corrected chi connectivity index (χ2v) is 5.34. The van der Waals surface area contributed by atoms with Crippen LogP contribution in [0.4, 0.5) is 5.69 Å². The fourth-order valence-corrected chi connectivity index (χ4v) is 2.21. The number of likely N-dealkylation sites (N-methyl/N-ethyl adjacent to an activating group) is 2. The largest absolute Gasteiger partial charge is 0.365 e. The zero-order valence-electron chi connectivity index (χ0n) is 11.8. The van der Waals surface area contributed by atoms with Crippen LogP contribution in [0.5, 0.6) is 0 Å². The van der Waals surface area contributed by atoms with Crippen molar-refractivity contribution in [3.05, 3.63) is 28.2 Å². The van der Waals surface area contributed by atoms with E-state index < -0.39 is 0 Å². The van der Waals surface area contributed by atoms with Crippen molar-refractivity contribution < 1.29 is 4.79 Å². The van der Waals surface area contributed by atoms with Crippen LogP contribution in [0.15, 0.2) is 22.7 Å².